The summed E-state index contributed by atoms with van der Waals surface area (Å²) in [4.78, 5) is 19.8. The van der Waals surface area contributed by atoms with Crippen molar-refractivity contribution in [1.29, 1.82) is 0 Å². The van der Waals surface area contributed by atoms with E-state index in [1.54, 1.807) is 24.5 Å². The van der Waals surface area contributed by atoms with Gasteiger partial charge < -0.3 is 19.8 Å². The summed E-state index contributed by atoms with van der Waals surface area (Å²) < 4.78 is 11.4. The molecule has 1 aliphatic heterocycles. The number of nitrogens with zero attached hydrogens (tertiary/aromatic N) is 1. The van der Waals surface area contributed by atoms with Crippen molar-refractivity contribution in [3.05, 3.63) is 92.1 Å². The number of aryl methyl sites for hydroxylation is 1. The summed E-state index contributed by atoms with van der Waals surface area (Å²) in [5.74, 6) is 0.560. The van der Waals surface area contributed by atoms with E-state index in [4.69, 9.17) is 21.1 Å². The van der Waals surface area contributed by atoms with Gasteiger partial charge in [0.2, 0.25) is 0 Å². The van der Waals surface area contributed by atoms with E-state index in [9.17, 15) is 4.79 Å². The lowest BCUT2D eigenvalue weighted by atomic mass is 9.88. The Balaban J connectivity index is 1.34. The van der Waals surface area contributed by atoms with Crippen LogP contribution in [0.2, 0.25) is 5.02 Å². The van der Waals surface area contributed by atoms with Crippen LogP contribution in [0.1, 0.15) is 40.8 Å². The molecule has 0 saturated carbocycles. The Kier molecular flexibility index (Phi) is 6.58. The Bertz CT molecular complexity index is 1210. The molecule has 2 N–H and O–H groups in total. The van der Waals surface area contributed by atoms with Gasteiger partial charge in [-0.25, -0.2) is 0 Å². The van der Waals surface area contributed by atoms with Gasteiger partial charge in [-0.3, -0.25) is 9.78 Å². The molecule has 3 aromatic rings. The highest BCUT2D eigenvalue weighted by Crippen LogP contribution is 2.33. The minimum absolute atomic E-state index is 0.147. The van der Waals surface area contributed by atoms with Crippen molar-refractivity contribution in [2.24, 2.45) is 0 Å². The fourth-order valence-corrected chi connectivity index (χ4v) is 4.45. The number of ether oxygens (including phenoxy) is 2. The molecule has 7 heteroatoms. The van der Waals surface area contributed by atoms with Crippen LogP contribution < -0.4 is 15.6 Å². The zero-order valence-electron chi connectivity index (χ0n) is 18.3. The third-order valence-electron chi connectivity index (χ3n) is 6.13. The van der Waals surface area contributed by atoms with Gasteiger partial charge in [-0.15, -0.1) is 0 Å². The van der Waals surface area contributed by atoms with Crippen molar-refractivity contribution in [1.82, 2.24) is 15.3 Å². The molecule has 33 heavy (non-hydrogen) atoms. The number of hydrogen-bond acceptors (Lipinski definition) is 5. The fourth-order valence-electron chi connectivity index (χ4n) is 4.34. The molecule has 1 saturated heterocycles. The number of benzene rings is 1. The number of allylic oxidation sites excluding steroid dienone is 1. The highest BCUT2D eigenvalue weighted by Gasteiger charge is 2.19. The van der Waals surface area contributed by atoms with Crippen molar-refractivity contribution in [3.8, 4) is 5.75 Å². The smallest absolute Gasteiger partial charge is 0.259 e. The number of rotatable bonds is 7. The van der Waals surface area contributed by atoms with E-state index in [0.717, 1.165) is 55.9 Å². The summed E-state index contributed by atoms with van der Waals surface area (Å²) in [6.45, 7) is 2.74. The van der Waals surface area contributed by atoms with Gasteiger partial charge in [0.1, 0.15) is 12.4 Å². The zero-order valence-corrected chi connectivity index (χ0v) is 19.0. The summed E-state index contributed by atoms with van der Waals surface area (Å²) in [5.41, 5.74) is 5.90. The summed E-state index contributed by atoms with van der Waals surface area (Å²) >= 11 is 5.91. The van der Waals surface area contributed by atoms with Gasteiger partial charge in [-0.1, -0.05) is 35.9 Å². The number of H-pyrrole nitrogens is 1. The van der Waals surface area contributed by atoms with Crippen LogP contribution >= 0.6 is 11.6 Å². The lowest BCUT2D eigenvalue weighted by molar-refractivity contribution is 0.190. The lowest BCUT2D eigenvalue weighted by Crippen LogP contribution is -2.28. The molecule has 2 aliphatic rings. The van der Waals surface area contributed by atoms with Crippen LogP contribution in [0.3, 0.4) is 0 Å². The maximum absolute atomic E-state index is 12.7. The molecule has 1 fully saturated rings. The predicted octanol–water partition coefficient (Wildman–Crippen LogP) is 4.37. The van der Waals surface area contributed by atoms with Gasteiger partial charge in [0, 0.05) is 31.6 Å². The molecule has 2 aromatic heterocycles. The molecule has 5 rings (SSSR count). The SMILES string of the molecule is O=c1[nH]ccc(OCc2ccc(Cl)cn2)c1C1=Cc2ccc(CN[C@@H]3CCOC3)cc2CC1. The maximum atomic E-state index is 12.7. The molecule has 3 heterocycles. The van der Waals surface area contributed by atoms with E-state index in [-0.39, 0.29) is 12.2 Å². The number of pyridine rings is 2. The van der Waals surface area contributed by atoms with Gasteiger partial charge in [-0.05, 0) is 59.7 Å². The normalized spacial score (nSPS) is 17.5. The van der Waals surface area contributed by atoms with Gasteiger partial charge >= 0.3 is 0 Å². The average Bonchev–Trinajstić information content (AvgIpc) is 3.36. The van der Waals surface area contributed by atoms with Crippen molar-refractivity contribution in [2.45, 2.75) is 38.5 Å². The Labute approximate surface area is 197 Å². The highest BCUT2D eigenvalue weighted by atomic mass is 35.5. The van der Waals surface area contributed by atoms with Crippen molar-refractivity contribution < 1.29 is 9.47 Å². The highest BCUT2D eigenvalue weighted by molar-refractivity contribution is 6.30. The molecule has 1 aliphatic carbocycles. The van der Waals surface area contributed by atoms with Crippen molar-refractivity contribution in [3.63, 3.8) is 0 Å². The second kappa shape index (κ2) is 9.91. The Morgan fingerprint density at radius 1 is 1.21 bits per heavy atom. The minimum atomic E-state index is -0.147. The molecule has 6 nitrogen and oxygen atoms in total. The van der Waals surface area contributed by atoms with Crippen LogP contribution in [-0.4, -0.2) is 29.2 Å². The monoisotopic (exact) mass is 463 g/mol. The van der Waals surface area contributed by atoms with E-state index in [0.29, 0.717) is 22.4 Å². The van der Waals surface area contributed by atoms with Crippen LogP contribution in [0.15, 0.2) is 53.6 Å². The minimum Gasteiger partial charge on any atom is -0.486 e. The van der Waals surface area contributed by atoms with Crippen LogP contribution in [-0.2, 0) is 24.3 Å². The quantitative estimate of drug-likeness (QED) is 0.544. The number of aromatic nitrogens is 2. The van der Waals surface area contributed by atoms with E-state index in [1.165, 1.54) is 11.1 Å². The second-order valence-corrected chi connectivity index (χ2v) is 8.88. The van der Waals surface area contributed by atoms with Gasteiger partial charge in [0.25, 0.3) is 5.56 Å². The first-order valence-electron chi connectivity index (χ1n) is 11.2. The topological polar surface area (TPSA) is 76.2 Å². The van der Waals surface area contributed by atoms with Crippen molar-refractivity contribution in [2.75, 3.05) is 13.2 Å². The molecule has 1 atom stereocenters. The van der Waals surface area contributed by atoms with Gasteiger partial charge in [-0.2, -0.15) is 0 Å². The van der Waals surface area contributed by atoms with Crippen LogP contribution in [0.5, 0.6) is 5.75 Å². The first-order valence-corrected chi connectivity index (χ1v) is 11.6. The third-order valence-corrected chi connectivity index (χ3v) is 6.36. The van der Waals surface area contributed by atoms with E-state index < -0.39 is 0 Å². The summed E-state index contributed by atoms with van der Waals surface area (Å²) in [7, 11) is 0. The number of halogens is 1. The van der Waals surface area contributed by atoms with E-state index in [1.807, 2.05) is 6.07 Å². The van der Waals surface area contributed by atoms with Crippen molar-refractivity contribution >= 4 is 23.3 Å². The standard InChI is InChI=1S/C26H26ClN3O3/c27-21-5-6-22(30-14-21)16-33-24-7-9-28-26(31)25(24)20-4-3-18-11-17(1-2-19(18)12-20)13-29-23-8-10-32-15-23/h1-2,5-7,9,11-12,14,23,29H,3-4,8,10,13,15-16H2,(H,28,31)/t23-/m1/s1. The second-order valence-electron chi connectivity index (χ2n) is 8.45. The number of nitrogens with one attached hydrogen (secondary N) is 2. The average molecular weight is 464 g/mol. The zero-order chi connectivity index (χ0) is 22.6. The lowest BCUT2D eigenvalue weighted by Gasteiger charge is -2.20. The Morgan fingerprint density at radius 3 is 2.97 bits per heavy atom. The number of fused-ring (bicyclic) bond motifs is 1. The molecular formula is C26H26ClN3O3. The number of hydrogen-bond donors (Lipinski definition) is 2. The van der Waals surface area contributed by atoms with Gasteiger partial charge in [0.05, 0.1) is 22.9 Å². The maximum Gasteiger partial charge on any atom is 0.259 e. The molecule has 0 spiro atoms. The van der Waals surface area contributed by atoms with Crippen LogP contribution in [0.25, 0.3) is 11.6 Å². The molecule has 0 unspecified atom stereocenters. The van der Waals surface area contributed by atoms with Crippen LogP contribution in [0.4, 0.5) is 0 Å². The molecule has 0 radical (unpaired) electrons. The molecule has 0 bridgehead atoms. The summed E-state index contributed by atoms with van der Waals surface area (Å²) in [6, 6.07) is 12.4. The fraction of sp³-hybridized carbons (Fsp3) is 0.308. The largest absolute Gasteiger partial charge is 0.486 e. The molecule has 170 valence electrons. The first kappa shape index (κ1) is 21.9. The Hall–Kier alpha value is -2.93. The third kappa shape index (κ3) is 5.19. The summed E-state index contributed by atoms with van der Waals surface area (Å²) in [6.07, 6.45) is 8.05. The molecule has 1 aromatic carbocycles. The first-order chi connectivity index (χ1) is 16.2. The molecular weight excluding hydrogens is 438 g/mol. The number of aromatic amines is 1. The van der Waals surface area contributed by atoms with Gasteiger partial charge in [0.15, 0.2) is 0 Å². The summed E-state index contributed by atoms with van der Waals surface area (Å²) in [5, 5.41) is 4.15. The van der Waals surface area contributed by atoms with Crippen LogP contribution in [0, 0.1) is 0 Å². The van der Waals surface area contributed by atoms with E-state index in [2.05, 4.69) is 39.6 Å². The predicted molar refractivity (Wildman–Crippen MR) is 129 cm³/mol. The van der Waals surface area contributed by atoms with E-state index >= 15 is 0 Å². The molecule has 0 amide bonds. The Morgan fingerprint density at radius 2 is 2.15 bits per heavy atom.